The Morgan fingerprint density at radius 2 is 2.08 bits per heavy atom. The van der Waals surface area contributed by atoms with Crippen LogP contribution in [0.15, 0.2) is 24.3 Å². The molecule has 72 valence electrons. The summed E-state index contributed by atoms with van der Waals surface area (Å²) in [5, 5.41) is 8.53. The first-order chi connectivity index (χ1) is 5.74. The summed E-state index contributed by atoms with van der Waals surface area (Å²) in [6.07, 6.45) is 0.00398. The fourth-order valence-electron chi connectivity index (χ4n) is 1.01. The molecule has 0 saturated carbocycles. The second-order valence-electron chi connectivity index (χ2n) is 2.38. The number of carboxylic acids is 1. The third-order valence-corrected chi connectivity index (χ3v) is 1.53. The first kappa shape index (κ1) is 11.8. The minimum absolute atomic E-state index is 0. The molecule has 1 rings (SSSR count). The van der Waals surface area contributed by atoms with Gasteiger partial charge in [0.15, 0.2) is 0 Å². The van der Waals surface area contributed by atoms with Crippen molar-refractivity contribution < 1.29 is 14.6 Å². The van der Waals surface area contributed by atoms with Gasteiger partial charge in [0.25, 0.3) is 0 Å². The number of rotatable bonds is 3. The highest BCUT2D eigenvalue weighted by atomic mass is 35.5. The zero-order valence-corrected chi connectivity index (χ0v) is 8.00. The molecule has 0 bridgehead atoms. The Balaban J connectivity index is 0.00000144. The molecule has 1 aromatic rings. The maximum Gasteiger partial charge on any atom is 0.307 e. The lowest BCUT2D eigenvalue weighted by Gasteiger charge is -2.04. The van der Waals surface area contributed by atoms with Crippen molar-refractivity contribution in [2.75, 3.05) is 7.11 Å². The third-order valence-electron chi connectivity index (χ3n) is 1.53. The SMILES string of the molecule is COc1ccccc1CC(=O)O.Cl. The Labute approximate surface area is 82.7 Å². The van der Waals surface area contributed by atoms with Gasteiger partial charge in [-0.2, -0.15) is 0 Å². The number of carboxylic acid groups (broad SMARTS) is 1. The molecule has 0 saturated heterocycles. The van der Waals surface area contributed by atoms with Gasteiger partial charge in [0.05, 0.1) is 13.5 Å². The summed E-state index contributed by atoms with van der Waals surface area (Å²) in [6.45, 7) is 0. The van der Waals surface area contributed by atoms with Gasteiger partial charge in [0.2, 0.25) is 0 Å². The lowest BCUT2D eigenvalue weighted by molar-refractivity contribution is -0.136. The first-order valence-electron chi connectivity index (χ1n) is 3.57. The first-order valence-corrected chi connectivity index (χ1v) is 3.57. The van der Waals surface area contributed by atoms with E-state index in [4.69, 9.17) is 9.84 Å². The molecule has 0 radical (unpaired) electrons. The summed E-state index contributed by atoms with van der Waals surface area (Å²) in [5.41, 5.74) is 0.701. The zero-order valence-electron chi connectivity index (χ0n) is 7.19. The van der Waals surface area contributed by atoms with E-state index in [-0.39, 0.29) is 18.8 Å². The second kappa shape index (κ2) is 5.43. The number of ether oxygens (including phenoxy) is 1. The molecule has 0 spiro atoms. The van der Waals surface area contributed by atoms with Crippen molar-refractivity contribution in [3.05, 3.63) is 29.8 Å². The average Bonchev–Trinajstić information content (AvgIpc) is 2.04. The van der Waals surface area contributed by atoms with Gasteiger partial charge >= 0.3 is 5.97 Å². The predicted molar refractivity (Wildman–Crippen MR) is 51.6 cm³/mol. The van der Waals surface area contributed by atoms with Gasteiger partial charge in [-0.15, -0.1) is 12.4 Å². The van der Waals surface area contributed by atoms with E-state index < -0.39 is 5.97 Å². The second-order valence-corrected chi connectivity index (χ2v) is 2.38. The molecule has 1 N–H and O–H groups in total. The molecule has 3 nitrogen and oxygen atoms in total. The van der Waals surface area contributed by atoms with Gasteiger partial charge in [-0.3, -0.25) is 4.79 Å². The van der Waals surface area contributed by atoms with E-state index >= 15 is 0 Å². The van der Waals surface area contributed by atoms with Crippen LogP contribution in [-0.4, -0.2) is 18.2 Å². The van der Waals surface area contributed by atoms with Crippen molar-refractivity contribution in [2.45, 2.75) is 6.42 Å². The Morgan fingerprint density at radius 3 is 2.62 bits per heavy atom. The van der Waals surface area contributed by atoms with E-state index in [1.165, 1.54) is 7.11 Å². The Morgan fingerprint density at radius 1 is 1.46 bits per heavy atom. The molecular formula is C9H11ClO3. The number of carbonyl (C=O) groups is 1. The molecule has 0 fully saturated rings. The number of aliphatic carboxylic acids is 1. The summed E-state index contributed by atoms with van der Waals surface area (Å²) >= 11 is 0. The number of para-hydroxylation sites is 1. The molecule has 13 heavy (non-hydrogen) atoms. The fraction of sp³-hybridized carbons (Fsp3) is 0.222. The van der Waals surface area contributed by atoms with E-state index in [0.29, 0.717) is 11.3 Å². The number of halogens is 1. The molecule has 4 heteroatoms. The molecule has 0 aliphatic rings. The molecule has 0 aliphatic heterocycles. The number of hydrogen-bond acceptors (Lipinski definition) is 2. The average molecular weight is 203 g/mol. The van der Waals surface area contributed by atoms with Crippen LogP contribution in [0.5, 0.6) is 5.75 Å². The lowest BCUT2D eigenvalue weighted by Crippen LogP contribution is -2.01. The molecule has 1 aromatic carbocycles. The largest absolute Gasteiger partial charge is 0.496 e. The van der Waals surface area contributed by atoms with Gasteiger partial charge in [0, 0.05) is 5.56 Å². The lowest BCUT2D eigenvalue weighted by atomic mass is 10.1. The molecule has 0 atom stereocenters. The van der Waals surface area contributed by atoms with Crippen molar-refractivity contribution in [1.29, 1.82) is 0 Å². The van der Waals surface area contributed by atoms with E-state index in [0.717, 1.165) is 0 Å². The Kier molecular flexibility index (Phi) is 4.92. The number of benzene rings is 1. The van der Waals surface area contributed by atoms with Crippen LogP contribution in [0, 0.1) is 0 Å². The minimum Gasteiger partial charge on any atom is -0.496 e. The van der Waals surface area contributed by atoms with Crippen molar-refractivity contribution in [3.63, 3.8) is 0 Å². The highest BCUT2D eigenvalue weighted by molar-refractivity contribution is 5.85. The van der Waals surface area contributed by atoms with E-state index in [1.807, 2.05) is 6.07 Å². The zero-order chi connectivity index (χ0) is 8.97. The summed E-state index contributed by atoms with van der Waals surface area (Å²) in [4.78, 5) is 10.4. The molecule has 0 heterocycles. The van der Waals surface area contributed by atoms with Gasteiger partial charge in [-0.25, -0.2) is 0 Å². The van der Waals surface area contributed by atoms with Crippen LogP contribution < -0.4 is 4.74 Å². The van der Waals surface area contributed by atoms with Crippen molar-refractivity contribution in [3.8, 4) is 5.75 Å². The Hall–Kier alpha value is -1.22. The van der Waals surface area contributed by atoms with Crippen molar-refractivity contribution in [1.82, 2.24) is 0 Å². The summed E-state index contributed by atoms with van der Waals surface area (Å²) in [5.74, 6) is -0.223. The van der Waals surface area contributed by atoms with Gasteiger partial charge in [0.1, 0.15) is 5.75 Å². The minimum atomic E-state index is -0.848. The molecule has 0 aromatic heterocycles. The van der Waals surface area contributed by atoms with Gasteiger partial charge in [-0.05, 0) is 6.07 Å². The van der Waals surface area contributed by atoms with E-state index in [9.17, 15) is 4.79 Å². The highest BCUT2D eigenvalue weighted by Gasteiger charge is 2.04. The van der Waals surface area contributed by atoms with Gasteiger partial charge < -0.3 is 9.84 Å². The van der Waals surface area contributed by atoms with Crippen LogP contribution in [0.3, 0.4) is 0 Å². The summed E-state index contributed by atoms with van der Waals surface area (Å²) < 4.78 is 4.98. The maximum absolute atomic E-state index is 10.4. The highest BCUT2D eigenvalue weighted by Crippen LogP contribution is 2.17. The molecule has 0 unspecified atom stereocenters. The van der Waals surface area contributed by atoms with Crippen LogP contribution in [0.1, 0.15) is 5.56 Å². The monoisotopic (exact) mass is 202 g/mol. The topological polar surface area (TPSA) is 46.5 Å². The fourth-order valence-corrected chi connectivity index (χ4v) is 1.01. The number of methoxy groups -OCH3 is 1. The van der Waals surface area contributed by atoms with Crippen LogP contribution >= 0.6 is 12.4 Å². The maximum atomic E-state index is 10.4. The molecule has 0 amide bonds. The van der Waals surface area contributed by atoms with Crippen molar-refractivity contribution >= 4 is 18.4 Å². The van der Waals surface area contributed by atoms with E-state index in [1.54, 1.807) is 18.2 Å². The smallest absolute Gasteiger partial charge is 0.307 e. The van der Waals surface area contributed by atoms with Crippen LogP contribution in [0.25, 0.3) is 0 Å². The summed E-state index contributed by atoms with van der Waals surface area (Å²) in [7, 11) is 1.53. The standard InChI is InChI=1S/C9H10O3.ClH/c1-12-8-5-3-2-4-7(8)6-9(10)11;/h2-5H,6H2,1H3,(H,10,11);1H. The van der Waals surface area contributed by atoms with Crippen LogP contribution in [-0.2, 0) is 11.2 Å². The van der Waals surface area contributed by atoms with Crippen LogP contribution in [0.2, 0.25) is 0 Å². The van der Waals surface area contributed by atoms with Crippen molar-refractivity contribution in [2.24, 2.45) is 0 Å². The number of hydrogen-bond donors (Lipinski definition) is 1. The Bertz CT molecular complexity index is 286. The van der Waals surface area contributed by atoms with Gasteiger partial charge in [-0.1, -0.05) is 18.2 Å². The molecule has 0 aliphatic carbocycles. The summed E-state index contributed by atoms with van der Waals surface area (Å²) in [6, 6.07) is 7.09. The van der Waals surface area contributed by atoms with Crippen LogP contribution in [0.4, 0.5) is 0 Å². The predicted octanol–water partition coefficient (Wildman–Crippen LogP) is 1.74. The normalized spacial score (nSPS) is 8.69. The van der Waals surface area contributed by atoms with E-state index in [2.05, 4.69) is 0 Å². The third kappa shape index (κ3) is 3.34. The quantitative estimate of drug-likeness (QED) is 0.812. The molecular weight excluding hydrogens is 192 g/mol.